The number of sulfonamides is 1. The molecule has 1 aromatic carbocycles. The molecular formula is C9H9Cl2NO5S. The molecular weight excluding hydrogens is 305 g/mol. The van der Waals surface area contributed by atoms with Crippen molar-refractivity contribution in [2.45, 2.75) is 10.9 Å². The van der Waals surface area contributed by atoms with E-state index in [1.165, 1.54) is 12.1 Å². The SMILES string of the molecule is O=C(O)[C@@H](CO)NS(=O)(=O)c1ccc(Cl)c(Cl)c1. The first-order valence-electron chi connectivity index (χ1n) is 4.59. The fourth-order valence-corrected chi connectivity index (χ4v) is 2.63. The van der Waals surface area contributed by atoms with Gasteiger partial charge in [0, 0.05) is 0 Å². The zero-order valence-corrected chi connectivity index (χ0v) is 11.1. The first-order valence-corrected chi connectivity index (χ1v) is 6.83. The highest BCUT2D eigenvalue weighted by Gasteiger charge is 2.25. The third-order valence-corrected chi connectivity index (χ3v) is 4.19. The highest BCUT2D eigenvalue weighted by molar-refractivity contribution is 7.89. The van der Waals surface area contributed by atoms with Gasteiger partial charge in [0.25, 0.3) is 0 Å². The standard InChI is InChI=1S/C9H9Cl2NO5S/c10-6-2-1-5(3-7(6)11)18(16,17)12-8(4-13)9(14)15/h1-3,8,12-13H,4H2,(H,14,15)/t8-/m1/s1. The first kappa shape index (κ1) is 15.2. The normalized spacial score (nSPS) is 13.3. The van der Waals surface area contributed by atoms with E-state index < -0.39 is 28.6 Å². The summed E-state index contributed by atoms with van der Waals surface area (Å²) in [5, 5.41) is 17.6. The van der Waals surface area contributed by atoms with Crippen LogP contribution in [-0.4, -0.2) is 37.2 Å². The summed E-state index contributed by atoms with van der Waals surface area (Å²) < 4.78 is 25.4. The van der Waals surface area contributed by atoms with E-state index >= 15 is 0 Å². The molecule has 0 saturated heterocycles. The number of nitrogens with one attached hydrogen (secondary N) is 1. The van der Waals surface area contributed by atoms with Crippen molar-refractivity contribution >= 4 is 39.2 Å². The van der Waals surface area contributed by atoms with Gasteiger partial charge in [-0.3, -0.25) is 4.79 Å². The van der Waals surface area contributed by atoms with Gasteiger partial charge < -0.3 is 10.2 Å². The van der Waals surface area contributed by atoms with Crippen molar-refractivity contribution in [1.82, 2.24) is 4.72 Å². The maximum Gasteiger partial charge on any atom is 0.324 e. The number of carbonyl (C=O) groups is 1. The fraction of sp³-hybridized carbons (Fsp3) is 0.222. The quantitative estimate of drug-likeness (QED) is 0.743. The number of halogens is 2. The predicted molar refractivity (Wildman–Crippen MR) is 65.3 cm³/mol. The van der Waals surface area contributed by atoms with Crippen LogP contribution in [0.1, 0.15) is 0 Å². The van der Waals surface area contributed by atoms with Crippen molar-refractivity contribution in [2.75, 3.05) is 6.61 Å². The highest BCUT2D eigenvalue weighted by atomic mass is 35.5. The third kappa shape index (κ3) is 3.56. The summed E-state index contributed by atoms with van der Waals surface area (Å²) in [6, 6.07) is 1.91. The number of benzene rings is 1. The Bertz CT molecular complexity index is 560. The van der Waals surface area contributed by atoms with Gasteiger partial charge in [-0.2, -0.15) is 4.72 Å². The van der Waals surface area contributed by atoms with Gasteiger partial charge in [0.1, 0.15) is 6.04 Å². The lowest BCUT2D eigenvalue weighted by atomic mass is 10.3. The molecule has 0 saturated carbocycles. The number of aliphatic hydroxyl groups is 1. The summed E-state index contributed by atoms with van der Waals surface area (Å²) in [6.45, 7) is -0.865. The van der Waals surface area contributed by atoms with E-state index in [4.69, 9.17) is 33.4 Å². The number of carboxylic acids is 1. The molecule has 1 rings (SSSR count). The second-order valence-corrected chi connectivity index (χ2v) is 5.80. The van der Waals surface area contributed by atoms with Crippen LogP contribution < -0.4 is 4.72 Å². The van der Waals surface area contributed by atoms with Crippen LogP contribution in [0.25, 0.3) is 0 Å². The van der Waals surface area contributed by atoms with Gasteiger partial charge in [0.15, 0.2) is 0 Å². The molecule has 0 aliphatic rings. The molecule has 0 aliphatic carbocycles. The fourth-order valence-electron chi connectivity index (χ4n) is 1.07. The summed E-state index contributed by atoms with van der Waals surface area (Å²) in [7, 11) is -4.09. The molecule has 6 nitrogen and oxygen atoms in total. The molecule has 0 fully saturated rings. The van der Waals surface area contributed by atoms with Gasteiger partial charge in [-0.1, -0.05) is 23.2 Å². The number of rotatable bonds is 5. The Labute approximate surface area is 113 Å². The van der Waals surface area contributed by atoms with Crippen LogP contribution in [0.15, 0.2) is 23.1 Å². The average molecular weight is 314 g/mol. The second kappa shape index (κ2) is 5.85. The van der Waals surface area contributed by atoms with E-state index in [2.05, 4.69) is 0 Å². The topological polar surface area (TPSA) is 104 Å². The maximum atomic E-state index is 11.8. The number of aliphatic carboxylic acids is 1. The van der Waals surface area contributed by atoms with E-state index in [1.54, 1.807) is 0 Å². The summed E-state index contributed by atoms with van der Waals surface area (Å²) in [6.07, 6.45) is 0. The second-order valence-electron chi connectivity index (χ2n) is 3.27. The largest absolute Gasteiger partial charge is 0.480 e. The minimum Gasteiger partial charge on any atom is -0.480 e. The lowest BCUT2D eigenvalue weighted by Crippen LogP contribution is -2.43. The molecule has 0 aromatic heterocycles. The molecule has 0 spiro atoms. The molecule has 3 N–H and O–H groups in total. The van der Waals surface area contributed by atoms with E-state index in [-0.39, 0.29) is 14.9 Å². The zero-order chi connectivity index (χ0) is 13.9. The van der Waals surface area contributed by atoms with Crippen LogP contribution in [-0.2, 0) is 14.8 Å². The Morgan fingerprint density at radius 1 is 1.33 bits per heavy atom. The van der Waals surface area contributed by atoms with Crippen LogP contribution in [0.2, 0.25) is 10.0 Å². The Hall–Kier alpha value is -0.860. The predicted octanol–water partition coefficient (Wildman–Crippen LogP) is 0.717. The monoisotopic (exact) mass is 313 g/mol. The number of hydrogen-bond donors (Lipinski definition) is 3. The number of carboxylic acid groups (broad SMARTS) is 1. The third-order valence-electron chi connectivity index (χ3n) is 1.98. The molecule has 0 bridgehead atoms. The first-order chi connectivity index (χ1) is 8.27. The van der Waals surface area contributed by atoms with Gasteiger partial charge in [-0.15, -0.1) is 0 Å². The van der Waals surface area contributed by atoms with Crippen molar-refractivity contribution < 1.29 is 23.4 Å². The smallest absolute Gasteiger partial charge is 0.324 e. The Morgan fingerprint density at radius 3 is 2.39 bits per heavy atom. The zero-order valence-electron chi connectivity index (χ0n) is 8.80. The summed E-state index contributed by atoms with van der Waals surface area (Å²) in [4.78, 5) is 10.4. The van der Waals surface area contributed by atoms with E-state index in [0.717, 1.165) is 6.07 Å². The molecule has 0 radical (unpaired) electrons. The summed E-state index contributed by atoms with van der Waals surface area (Å²) >= 11 is 11.3. The van der Waals surface area contributed by atoms with Gasteiger partial charge in [-0.25, -0.2) is 8.42 Å². The molecule has 0 aliphatic heterocycles. The van der Waals surface area contributed by atoms with Crippen molar-refractivity contribution in [3.8, 4) is 0 Å². The van der Waals surface area contributed by atoms with Crippen LogP contribution in [0.4, 0.5) is 0 Å². The Balaban J connectivity index is 3.06. The average Bonchev–Trinajstić information content (AvgIpc) is 2.29. The summed E-state index contributed by atoms with van der Waals surface area (Å²) in [5.41, 5.74) is 0. The van der Waals surface area contributed by atoms with E-state index in [0.29, 0.717) is 0 Å². The molecule has 1 aromatic rings. The Morgan fingerprint density at radius 2 is 1.94 bits per heavy atom. The minimum atomic E-state index is -4.09. The van der Waals surface area contributed by atoms with Gasteiger partial charge in [0.05, 0.1) is 21.5 Å². The highest BCUT2D eigenvalue weighted by Crippen LogP contribution is 2.24. The van der Waals surface area contributed by atoms with Crippen LogP contribution in [0.3, 0.4) is 0 Å². The van der Waals surface area contributed by atoms with Crippen molar-refractivity contribution in [3.63, 3.8) is 0 Å². The molecule has 100 valence electrons. The minimum absolute atomic E-state index is 0.0235. The summed E-state index contributed by atoms with van der Waals surface area (Å²) in [5.74, 6) is -1.49. The molecule has 0 unspecified atom stereocenters. The lowest BCUT2D eigenvalue weighted by molar-refractivity contribution is -0.139. The van der Waals surface area contributed by atoms with E-state index in [9.17, 15) is 13.2 Å². The Kier molecular flexibility index (Phi) is 4.94. The van der Waals surface area contributed by atoms with E-state index in [1.807, 2.05) is 4.72 Å². The molecule has 18 heavy (non-hydrogen) atoms. The molecule has 9 heteroatoms. The van der Waals surface area contributed by atoms with Crippen LogP contribution in [0, 0.1) is 0 Å². The van der Waals surface area contributed by atoms with Crippen LogP contribution >= 0.6 is 23.2 Å². The molecule has 0 heterocycles. The van der Waals surface area contributed by atoms with Crippen molar-refractivity contribution in [2.24, 2.45) is 0 Å². The van der Waals surface area contributed by atoms with Gasteiger partial charge >= 0.3 is 5.97 Å². The number of hydrogen-bond acceptors (Lipinski definition) is 4. The van der Waals surface area contributed by atoms with Gasteiger partial charge in [-0.05, 0) is 18.2 Å². The molecule has 0 amide bonds. The van der Waals surface area contributed by atoms with Crippen molar-refractivity contribution in [1.29, 1.82) is 0 Å². The maximum absolute atomic E-state index is 11.8. The van der Waals surface area contributed by atoms with Crippen LogP contribution in [0.5, 0.6) is 0 Å². The lowest BCUT2D eigenvalue weighted by Gasteiger charge is -2.12. The molecule has 1 atom stereocenters. The van der Waals surface area contributed by atoms with Gasteiger partial charge in [0.2, 0.25) is 10.0 Å². The number of aliphatic hydroxyl groups excluding tert-OH is 1. The van der Waals surface area contributed by atoms with Crippen molar-refractivity contribution in [3.05, 3.63) is 28.2 Å².